The molecule has 0 aliphatic carbocycles. The Kier molecular flexibility index (Phi) is 4.70. The van der Waals surface area contributed by atoms with Crippen LogP contribution in [-0.4, -0.2) is 40.8 Å². The largest absolute Gasteiger partial charge is 0.384 e. The number of aryl methyl sites for hydroxylation is 2. The van der Waals surface area contributed by atoms with Gasteiger partial charge in [-0.15, -0.1) is 0 Å². The summed E-state index contributed by atoms with van der Waals surface area (Å²) in [7, 11) is 3.45. The van der Waals surface area contributed by atoms with Crippen molar-refractivity contribution in [2.45, 2.75) is 32.7 Å². The highest BCUT2D eigenvalue weighted by molar-refractivity contribution is 6.30. The molecule has 0 bridgehead atoms. The Hall–Kier alpha value is -1.07. The van der Waals surface area contributed by atoms with Crippen molar-refractivity contribution in [3.8, 4) is 0 Å². The Bertz CT molecular complexity index is 501. The van der Waals surface area contributed by atoms with Crippen LogP contribution in [0.2, 0.25) is 5.15 Å². The predicted molar refractivity (Wildman–Crippen MR) is 77.7 cm³/mol. The molecule has 1 aromatic heterocycles. The number of halogens is 1. The molecule has 2 rings (SSSR count). The second-order valence-electron chi connectivity index (χ2n) is 5.46. The van der Waals surface area contributed by atoms with Gasteiger partial charge in [-0.1, -0.05) is 18.5 Å². The lowest BCUT2D eigenvalue weighted by molar-refractivity contribution is -0.137. The van der Waals surface area contributed by atoms with Crippen molar-refractivity contribution in [3.63, 3.8) is 0 Å². The lowest BCUT2D eigenvalue weighted by Crippen LogP contribution is -2.36. The molecule has 1 aromatic rings. The molecule has 1 saturated heterocycles. The molecule has 6 heteroatoms. The summed E-state index contributed by atoms with van der Waals surface area (Å²) in [5.41, 5.74) is 1.89. The fraction of sp³-hybridized carbons (Fsp3) is 0.714. The topological polar surface area (TPSA) is 47.4 Å². The highest BCUT2D eigenvalue weighted by atomic mass is 35.5. The minimum atomic E-state index is -0.128. The summed E-state index contributed by atoms with van der Waals surface area (Å²) in [6, 6.07) is 0.0445. The van der Waals surface area contributed by atoms with E-state index in [-0.39, 0.29) is 17.9 Å². The van der Waals surface area contributed by atoms with Gasteiger partial charge in [0.2, 0.25) is 5.91 Å². The van der Waals surface area contributed by atoms with Gasteiger partial charge in [0.05, 0.1) is 24.3 Å². The average Bonchev–Trinajstić information content (AvgIpc) is 2.95. The van der Waals surface area contributed by atoms with Gasteiger partial charge in [-0.2, -0.15) is 5.10 Å². The number of ether oxygens (including phenoxy) is 1. The molecule has 0 saturated carbocycles. The molecule has 1 aliphatic rings. The molecule has 1 fully saturated rings. The first-order chi connectivity index (χ1) is 9.47. The Morgan fingerprint density at radius 1 is 1.60 bits per heavy atom. The van der Waals surface area contributed by atoms with E-state index in [1.165, 1.54) is 0 Å². The fourth-order valence-electron chi connectivity index (χ4n) is 2.96. The van der Waals surface area contributed by atoms with Crippen molar-refractivity contribution in [3.05, 3.63) is 16.4 Å². The third-order valence-electron chi connectivity index (χ3n) is 3.90. The molecule has 0 radical (unpaired) electrons. The van der Waals surface area contributed by atoms with Gasteiger partial charge in [0.1, 0.15) is 5.15 Å². The zero-order chi connectivity index (χ0) is 14.9. The SMILES string of the molecule is COC[C@H](C)C(=O)N1CCC[C@H]1c1c(C)nn(C)c1Cl. The maximum absolute atomic E-state index is 12.5. The smallest absolute Gasteiger partial charge is 0.228 e. The van der Waals surface area contributed by atoms with Crippen LogP contribution in [-0.2, 0) is 16.6 Å². The molecule has 2 atom stereocenters. The monoisotopic (exact) mass is 299 g/mol. The van der Waals surface area contributed by atoms with Crippen LogP contribution >= 0.6 is 11.6 Å². The molecular weight excluding hydrogens is 278 g/mol. The first-order valence-electron chi connectivity index (χ1n) is 6.95. The lowest BCUT2D eigenvalue weighted by atomic mass is 10.0. The number of methoxy groups -OCH3 is 1. The summed E-state index contributed by atoms with van der Waals surface area (Å²) in [6.07, 6.45) is 1.94. The minimum Gasteiger partial charge on any atom is -0.384 e. The molecule has 1 aliphatic heterocycles. The zero-order valence-corrected chi connectivity index (χ0v) is 13.3. The molecule has 1 amide bonds. The average molecular weight is 300 g/mol. The third kappa shape index (κ3) is 2.69. The third-order valence-corrected chi connectivity index (χ3v) is 4.35. The van der Waals surface area contributed by atoms with Gasteiger partial charge >= 0.3 is 0 Å². The normalized spacial score (nSPS) is 20.4. The second kappa shape index (κ2) is 6.14. The highest BCUT2D eigenvalue weighted by Gasteiger charge is 2.35. The van der Waals surface area contributed by atoms with Gasteiger partial charge in [0.15, 0.2) is 0 Å². The lowest BCUT2D eigenvalue weighted by Gasteiger charge is -2.27. The van der Waals surface area contributed by atoms with E-state index in [1.807, 2.05) is 25.8 Å². The number of nitrogens with zero attached hydrogens (tertiary/aromatic N) is 3. The molecule has 112 valence electrons. The van der Waals surface area contributed by atoms with E-state index in [0.717, 1.165) is 30.6 Å². The Morgan fingerprint density at radius 3 is 2.85 bits per heavy atom. The van der Waals surface area contributed by atoms with Gasteiger partial charge in [0, 0.05) is 26.3 Å². The summed E-state index contributed by atoms with van der Waals surface area (Å²) in [6.45, 7) is 5.07. The van der Waals surface area contributed by atoms with Crippen LogP contribution in [0.15, 0.2) is 0 Å². The number of hydrogen-bond donors (Lipinski definition) is 0. The summed E-state index contributed by atoms with van der Waals surface area (Å²) in [4.78, 5) is 14.5. The first-order valence-corrected chi connectivity index (χ1v) is 7.33. The first kappa shape index (κ1) is 15.3. The van der Waals surface area contributed by atoms with Crippen LogP contribution in [0.1, 0.15) is 37.1 Å². The quantitative estimate of drug-likeness (QED) is 0.857. The number of hydrogen-bond acceptors (Lipinski definition) is 3. The van der Waals surface area contributed by atoms with Crippen LogP contribution < -0.4 is 0 Å². The molecular formula is C14H22ClN3O2. The van der Waals surface area contributed by atoms with Crippen LogP contribution in [0.25, 0.3) is 0 Å². The summed E-state index contributed by atoms with van der Waals surface area (Å²) < 4.78 is 6.76. The minimum absolute atomic E-state index is 0.0445. The standard InChI is InChI=1S/C14H22ClN3O2/c1-9(8-20-4)14(19)18-7-5-6-11(18)12-10(2)16-17(3)13(12)15/h9,11H,5-8H2,1-4H3/t9-,11-/m0/s1. The molecule has 0 N–H and O–H groups in total. The summed E-state index contributed by atoms with van der Waals surface area (Å²) in [5, 5.41) is 4.98. The predicted octanol–water partition coefficient (Wildman–Crippen LogP) is 2.33. The maximum atomic E-state index is 12.5. The highest BCUT2D eigenvalue weighted by Crippen LogP contribution is 2.38. The van der Waals surface area contributed by atoms with Crippen LogP contribution in [0.4, 0.5) is 0 Å². The molecule has 0 spiro atoms. The fourth-order valence-corrected chi connectivity index (χ4v) is 3.26. The number of carbonyl (C=O) groups is 1. The van der Waals surface area contributed by atoms with E-state index < -0.39 is 0 Å². The molecule has 0 unspecified atom stereocenters. The second-order valence-corrected chi connectivity index (χ2v) is 5.82. The van der Waals surface area contributed by atoms with Crippen molar-refractivity contribution in [2.75, 3.05) is 20.3 Å². The van der Waals surface area contributed by atoms with E-state index in [4.69, 9.17) is 16.3 Å². The molecule has 20 heavy (non-hydrogen) atoms. The zero-order valence-electron chi connectivity index (χ0n) is 12.5. The van der Waals surface area contributed by atoms with E-state index in [2.05, 4.69) is 5.10 Å². The van der Waals surface area contributed by atoms with Crippen molar-refractivity contribution in [1.82, 2.24) is 14.7 Å². The van der Waals surface area contributed by atoms with E-state index in [9.17, 15) is 4.79 Å². The number of carbonyl (C=O) groups excluding carboxylic acids is 1. The van der Waals surface area contributed by atoms with Gasteiger partial charge in [0.25, 0.3) is 0 Å². The van der Waals surface area contributed by atoms with Crippen molar-refractivity contribution in [1.29, 1.82) is 0 Å². The number of likely N-dealkylation sites (tertiary alicyclic amines) is 1. The van der Waals surface area contributed by atoms with E-state index in [1.54, 1.807) is 11.8 Å². The van der Waals surface area contributed by atoms with Crippen molar-refractivity contribution in [2.24, 2.45) is 13.0 Å². The van der Waals surface area contributed by atoms with Crippen molar-refractivity contribution >= 4 is 17.5 Å². The van der Waals surface area contributed by atoms with Crippen LogP contribution in [0, 0.1) is 12.8 Å². The van der Waals surface area contributed by atoms with E-state index >= 15 is 0 Å². The summed E-state index contributed by atoms with van der Waals surface area (Å²) in [5.74, 6) is 0.00465. The molecule has 2 heterocycles. The van der Waals surface area contributed by atoms with Crippen molar-refractivity contribution < 1.29 is 9.53 Å². The molecule has 0 aromatic carbocycles. The Labute approximate surface area is 124 Å². The maximum Gasteiger partial charge on any atom is 0.228 e. The van der Waals surface area contributed by atoms with Gasteiger partial charge in [-0.05, 0) is 19.8 Å². The van der Waals surface area contributed by atoms with Gasteiger partial charge in [-0.3, -0.25) is 9.48 Å². The molecule has 5 nitrogen and oxygen atoms in total. The van der Waals surface area contributed by atoms with Gasteiger partial charge in [-0.25, -0.2) is 0 Å². The number of aromatic nitrogens is 2. The summed E-state index contributed by atoms with van der Waals surface area (Å²) >= 11 is 6.34. The van der Waals surface area contributed by atoms with Gasteiger partial charge < -0.3 is 9.64 Å². The Balaban J connectivity index is 2.25. The number of rotatable bonds is 4. The van der Waals surface area contributed by atoms with Crippen LogP contribution in [0.3, 0.4) is 0 Å². The van der Waals surface area contributed by atoms with Crippen LogP contribution in [0.5, 0.6) is 0 Å². The number of amides is 1. The Morgan fingerprint density at radius 2 is 2.30 bits per heavy atom. The van der Waals surface area contributed by atoms with E-state index in [0.29, 0.717) is 11.8 Å².